The Hall–Kier alpha value is -0.530. The van der Waals surface area contributed by atoms with Crippen LogP contribution in [0.2, 0.25) is 0 Å². The molecule has 1 unspecified atom stereocenters. The molecule has 2 nitrogen and oxygen atoms in total. The largest absolute Gasteiger partial charge is 0.466 e. The van der Waals surface area contributed by atoms with Gasteiger partial charge in [-0.2, -0.15) is 0 Å². The van der Waals surface area contributed by atoms with Gasteiger partial charge in [0, 0.05) is 6.42 Å². The van der Waals surface area contributed by atoms with E-state index < -0.39 is 0 Å². The van der Waals surface area contributed by atoms with Crippen molar-refractivity contribution in [3.05, 3.63) is 0 Å². The van der Waals surface area contributed by atoms with Crippen molar-refractivity contribution in [1.82, 2.24) is 0 Å². The minimum atomic E-state index is 0.0504. The molecular formula is C43H86O2. The maximum atomic E-state index is 12.4. The number of esters is 1. The van der Waals surface area contributed by atoms with E-state index in [0.717, 1.165) is 18.8 Å². The third-order valence-corrected chi connectivity index (χ3v) is 10.2. The Labute approximate surface area is 285 Å². The van der Waals surface area contributed by atoms with Crippen LogP contribution in [0.15, 0.2) is 0 Å². The fourth-order valence-electron chi connectivity index (χ4n) is 6.97. The van der Waals surface area contributed by atoms with Gasteiger partial charge in [-0.25, -0.2) is 0 Å². The SMILES string of the molecule is CCCCCCCCCCCCCCCCCC(=O)OCCC(CCCCCCCCCC)CCCCCCCCCCCC. The van der Waals surface area contributed by atoms with Crippen LogP contribution in [0.3, 0.4) is 0 Å². The standard InChI is InChI=1S/C43H86O2/c1-4-7-10-13-16-19-21-22-23-24-25-27-30-33-36-39-43(44)45-41-40-42(37-34-31-28-18-15-12-9-6-3)38-35-32-29-26-20-17-14-11-8-5-2/h42H,4-41H2,1-3H3. The maximum Gasteiger partial charge on any atom is 0.305 e. The highest BCUT2D eigenvalue weighted by Gasteiger charge is 2.11. The minimum Gasteiger partial charge on any atom is -0.466 e. The monoisotopic (exact) mass is 635 g/mol. The van der Waals surface area contributed by atoms with Gasteiger partial charge in [0.15, 0.2) is 0 Å². The molecule has 0 aromatic carbocycles. The first-order chi connectivity index (χ1) is 22.2. The van der Waals surface area contributed by atoms with E-state index in [1.54, 1.807) is 0 Å². The highest BCUT2D eigenvalue weighted by atomic mass is 16.5. The highest BCUT2D eigenvalue weighted by Crippen LogP contribution is 2.23. The van der Waals surface area contributed by atoms with Crippen LogP contribution >= 0.6 is 0 Å². The molecule has 0 aliphatic heterocycles. The summed E-state index contributed by atoms with van der Waals surface area (Å²) in [5.41, 5.74) is 0. The van der Waals surface area contributed by atoms with Crippen molar-refractivity contribution >= 4 is 5.97 Å². The quantitative estimate of drug-likeness (QED) is 0.0497. The molecule has 0 heterocycles. The second kappa shape index (κ2) is 39.6. The average Bonchev–Trinajstić information content (AvgIpc) is 3.04. The lowest BCUT2D eigenvalue weighted by molar-refractivity contribution is -0.144. The van der Waals surface area contributed by atoms with Gasteiger partial charge in [0.1, 0.15) is 0 Å². The molecule has 1 atom stereocenters. The second-order valence-electron chi connectivity index (χ2n) is 14.8. The molecule has 270 valence electrons. The maximum absolute atomic E-state index is 12.4. The van der Waals surface area contributed by atoms with Crippen LogP contribution in [0.5, 0.6) is 0 Å². The summed E-state index contributed by atoms with van der Waals surface area (Å²) in [6, 6.07) is 0. The van der Waals surface area contributed by atoms with Gasteiger partial charge in [0.2, 0.25) is 0 Å². The van der Waals surface area contributed by atoms with Gasteiger partial charge in [0.25, 0.3) is 0 Å². The number of ether oxygens (including phenoxy) is 1. The van der Waals surface area contributed by atoms with Gasteiger partial charge >= 0.3 is 5.97 Å². The lowest BCUT2D eigenvalue weighted by atomic mass is 9.91. The molecule has 0 aliphatic carbocycles. The van der Waals surface area contributed by atoms with Crippen LogP contribution < -0.4 is 0 Å². The molecule has 0 aliphatic rings. The number of carbonyl (C=O) groups excluding carboxylic acids is 1. The zero-order chi connectivity index (χ0) is 32.7. The van der Waals surface area contributed by atoms with Crippen LogP contribution in [-0.2, 0) is 9.53 Å². The van der Waals surface area contributed by atoms with Crippen LogP contribution in [-0.4, -0.2) is 12.6 Å². The molecule has 0 radical (unpaired) electrons. The van der Waals surface area contributed by atoms with Crippen LogP contribution in [0.4, 0.5) is 0 Å². The summed E-state index contributed by atoms with van der Waals surface area (Å²) >= 11 is 0. The van der Waals surface area contributed by atoms with Gasteiger partial charge in [-0.1, -0.05) is 239 Å². The van der Waals surface area contributed by atoms with Crippen LogP contribution in [0.1, 0.15) is 258 Å². The summed E-state index contributed by atoms with van der Waals surface area (Å²) in [6.07, 6.45) is 50.0. The van der Waals surface area contributed by atoms with Gasteiger partial charge in [-0.3, -0.25) is 4.79 Å². The summed E-state index contributed by atoms with van der Waals surface area (Å²) in [5.74, 6) is 0.798. The van der Waals surface area contributed by atoms with Gasteiger partial charge < -0.3 is 4.74 Å². The zero-order valence-corrected chi connectivity index (χ0v) is 31.8. The number of unbranched alkanes of at least 4 members (excludes halogenated alkanes) is 30. The fourth-order valence-corrected chi connectivity index (χ4v) is 6.97. The van der Waals surface area contributed by atoms with Crippen molar-refractivity contribution in [3.8, 4) is 0 Å². The molecule has 0 spiro atoms. The number of rotatable bonds is 39. The van der Waals surface area contributed by atoms with Crippen molar-refractivity contribution in [1.29, 1.82) is 0 Å². The number of carbonyl (C=O) groups is 1. The Morgan fingerprint density at radius 3 is 0.933 bits per heavy atom. The molecule has 45 heavy (non-hydrogen) atoms. The Kier molecular flexibility index (Phi) is 39.2. The van der Waals surface area contributed by atoms with E-state index in [2.05, 4.69) is 20.8 Å². The molecule has 0 N–H and O–H groups in total. The van der Waals surface area contributed by atoms with Crippen molar-refractivity contribution < 1.29 is 9.53 Å². The van der Waals surface area contributed by atoms with E-state index >= 15 is 0 Å². The molecule has 0 saturated carbocycles. The molecule has 0 saturated heterocycles. The Morgan fingerprint density at radius 1 is 0.356 bits per heavy atom. The predicted molar refractivity (Wildman–Crippen MR) is 202 cm³/mol. The minimum absolute atomic E-state index is 0.0504. The Bertz CT molecular complexity index is 544. The van der Waals surface area contributed by atoms with Crippen molar-refractivity contribution in [2.45, 2.75) is 258 Å². The average molecular weight is 635 g/mol. The van der Waals surface area contributed by atoms with Crippen LogP contribution in [0, 0.1) is 5.92 Å². The van der Waals surface area contributed by atoms with E-state index in [9.17, 15) is 4.79 Å². The zero-order valence-electron chi connectivity index (χ0n) is 31.8. The van der Waals surface area contributed by atoms with Gasteiger partial charge in [-0.15, -0.1) is 0 Å². The van der Waals surface area contributed by atoms with Gasteiger partial charge in [0.05, 0.1) is 6.61 Å². The lowest BCUT2D eigenvalue weighted by Crippen LogP contribution is -2.10. The highest BCUT2D eigenvalue weighted by molar-refractivity contribution is 5.69. The third kappa shape index (κ3) is 37.8. The molecule has 0 amide bonds. The second-order valence-corrected chi connectivity index (χ2v) is 14.8. The van der Waals surface area contributed by atoms with E-state index in [1.807, 2.05) is 0 Å². The van der Waals surface area contributed by atoms with Crippen molar-refractivity contribution in [2.75, 3.05) is 6.61 Å². The number of hydrogen-bond acceptors (Lipinski definition) is 2. The van der Waals surface area contributed by atoms with Crippen molar-refractivity contribution in [3.63, 3.8) is 0 Å². The van der Waals surface area contributed by atoms with E-state index in [4.69, 9.17) is 4.74 Å². The summed E-state index contributed by atoms with van der Waals surface area (Å²) in [7, 11) is 0. The summed E-state index contributed by atoms with van der Waals surface area (Å²) in [6.45, 7) is 7.54. The first-order valence-corrected chi connectivity index (χ1v) is 21.4. The molecule has 2 heteroatoms. The van der Waals surface area contributed by atoms with E-state index in [0.29, 0.717) is 13.0 Å². The molecule has 0 bridgehead atoms. The smallest absolute Gasteiger partial charge is 0.305 e. The normalized spacial score (nSPS) is 12.2. The van der Waals surface area contributed by atoms with E-state index in [1.165, 1.54) is 218 Å². The molecule has 0 rings (SSSR count). The summed E-state index contributed by atoms with van der Waals surface area (Å²) in [4.78, 5) is 12.4. The third-order valence-electron chi connectivity index (χ3n) is 10.2. The van der Waals surface area contributed by atoms with Gasteiger partial charge in [-0.05, 0) is 18.8 Å². The predicted octanol–water partition coefficient (Wildman–Crippen LogP) is 15.6. The lowest BCUT2D eigenvalue weighted by Gasteiger charge is -2.17. The molecule has 0 fully saturated rings. The Balaban J connectivity index is 3.88. The first-order valence-electron chi connectivity index (χ1n) is 21.4. The van der Waals surface area contributed by atoms with Crippen molar-refractivity contribution in [2.24, 2.45) is 5.92 Å². The van der Waals surface area contributed by atoms with Crippen LogP contribution in [0.25, 0.3) is 0 Å². The molecule has 0 aromatic rings. The first kappa shape index (κ1) is 44.5. The summed E-state index contributed by atoms with van der Waals surface area (Å²) in [5, 5.41) is 0. The molecule has 0 aromatic heterocycles. The van der Waals surface area contributed by atoms with E-state index in [-0.39, 0.29) is 5.97 Å². The topological polar surface area (TPSA) is 26.3 Å². The fraction of sp³-hybridized carbons (Fsp3) is 0.977. The molecular weight excluding hydrogens is 548 g/mol. The summed E-state index contributed by atoms with van der Waals surface area (Å²) < 4.78 is 5.73. The number of hydrogen-bond donors (Lipinski definition) is 0. The Morgan fingerprint density at radius 2 is 0.622 bits per heavy atom.